The number of carbonyl (C=O) groups is 1. The van der Waals surface area contributed by atoms with Crippen molar-refractivity contribution in [3.05, 3.63) is 91.8 Å². The summed E-state index contributed by atoms with van der Waals surface area (Å²) in [5, 5.41) is 13.5. The first-order valence-electron chi connectivity index (χ1n) is 10.6. The highest BCUT2D eigenvalue weighted by Crippen LogP contribution is 2.29. The first-order valence-corrected chi connectivity index (χ1v) is 12.4. The number of thiophene rings is 1. The fourth-order valence-corrected chi connectivity index (χ4v) is 5.66. The number of aliphatic hydroxyl groups is 1. The van der Waals surface area contributed by atoms with Crippen molar-refractivity contribution >= 4 is 39.2 Å². The minimum absolute atomic E-state index is 0.0814. The third kappa shape index (κ3) is 5.19. The molecule has 4 aromatic rings. The predicted molar refractivity (Wildman–Crippen MR) is 134 cm³/mol. The number of nitrogens with one attached hydrogen (secondary N) is 2. The number of aliphatic hydroxyl groups excluding tert-OH is 1. The maximum atomic E-state index is 12.8. The molecule has 170 valence electrons. The van der Waals surface area contributed by atoms with Crippen LogP contribution in [0.15, 0.2) is 58.2 Å². The van der Waals surface area contributed by atoms with Gasteiger partial charge in [0.05, 0.1) is 22.1 Å². The Hall–Kier alpha value is -2.94. The molecule has 0 aliphatic rings. The van der Waals surface area contributed by atoms with Crippen LogP contribution in [0.4, 0.5) is 0 Å². The van der Waals surface area contributed by atoms with Gasteiger partial charge in [-0.15, -0.1) is 23.1 Å². The van der Waals surface area contributed by atoms with Gasteiger partial charge in [0, 0.05) is 11.4 Å². The number of benzene rings is 2. The number of carbonyl (C=O) groups excluding carboxylic acids is 1. The monoisotopic (exact) mass is 479 g/mol. The number of H-pyrrole nitrogens is 1. The van der Waals surface area contributed by atoms with Crippen LogP contribution in [-0.2, 0) is 5.75 Å². The molecule has 4 rings (SSSR count). The predicted octanol–water partition coefficient (Wildman–Crippen LogP) is 4.67. The molecule has 1 amide bonds. The zero-order valence-electron chi connectivity index (χ0n) is 18.6. The zero-order valence-corrected chi connectivity index (χ0v) is 20.3. The van der Waals surface area contributed by atoms with Gasteiger partial charge in [0.1, 0.15) is 10.7 Å². The number of thioether (sulfide) groups is 1. The van der Waals surface area contributed by atoms with Crippen molar-refractivity contribution < 1.29 is 9.90 Å². The lowest BCUT2D eigenvalue weighted by Crippen LogP contribution is -2.28. The minimum atomic E-state index is -0.805. The summed E-state index contributed by atoms with van der Waals surface area (Å²) < 4.78 is 0. The Kier molecular flexibility index (Phi) is 6.97. The summed E-state index contributed by atoms with van der Waals surface area (Å²) in [7, 11) is 0. The molecule has 0 radical (unpaired) electrons. The Balaban J connectivity index is 1.51. The van der Waals surface area contributed by atoms with Crippen molar-refractivity contribution in [3.63, 3.8) is 0 Å². The number of amides is 1. The molecular weight excluding hydrogens is 454 g/mol. The lowest BCUT2D eigenvalue weighted by molar-refractivity contribution is 0.0920. The van der Waals surface area contributed by atoms with Crippen LogP contribution in [0.1, 0.15) is 43.9 Å². The standard InChI is InChI=1S/C25H25N3O3S2/c1-14-9-10-15(2)19(11-14)32-13-20-27-23(30)21-16(3)22(33-25(21)28-20)24(31)26-12-18(29)17-7-5-4-6-8-17/h4-11,18,29H,12-13H2,1-3H3,(H,26,31)(H,27,28,30). The van der Waals surface area contributed by atoms with Crippen molar-refractivity contribution in [3.8, 4) is 0 Å². The molecule has 8 heteroatoms. The summed E-state index contributed by atoms with van der Waals surface area (Å²) in [6.45, 7) is 5.94. The molecule has 2 aromatic heterocycles. The van der Waals surface area contributed by atoms with Crippen LogP contribution in [0.3, 0.4) is 0 Å². The molecular formula is C25H25N3O3S2. The molecule has 3 N–H and O–H groups in total. The molecule has 6 nitrogen and oxygen atoms in total. The van der Waals surface area contributed by atoms with E-state index in [0.29, 0.717) is 32.2 Å². The second-order valence-corrected chi connectivity index (χ2v) is 9.96. The molecule has 0 bridgehead atoms. The Bertz CT molecular complexity index is 1360. The van der Waals surface area contributed by atoms with Gasteiger partial charge in [-0.3, -0.25) is 9.59 Å². The zero-order chi connectivity index (χ0) is 23.5. The summed E-state index contributed by atoms with van der Waals surface area (Å²) in [6.07, 6.45) is -0.805. The largest absolute Gasteiger partial charge is 0.387 e. The lowest BCUT2D eigenvalue weighted by atomic mass is 10.1. The van der Waals surface area contributed by atoms with E-state index in [9.17, 15) is 14.7 Å². The number of hydrogen-bond acceptors (Lipinski definition) is 6. The van der Waals surface area contributed by atoms with E-state index >= 15 is 0 Å². The van der Waals surface area contributed by atoms with Gasteiger partial charge in [-0.2, -0.15) is 0 Å². The molecule has 0 fully saturated rings. The Morgan fingerprint density at radius 2 is 1.94 bits per heavy atom. The minimum Gasteiger partial charge on any atom is -0.387 e. The summed E-state index contributed by atoms with van der Waals surface area (Å²) in [5.74, 6) is 0.777. The van der Waals surface area contributed by atoms with Gasteiger partial charge in [-0.25, -0.2) is 4.98 Å². The average molecular weight is 480 g/mol. The molecule has 33 heavy (non-hydrogen) atoms. The van der Waals surface area contributed by atoms with E-state index in [2.05, 4.69) is 47.3 Å². The van der Waals surface area contributed by atoms with E-state index in [4.69, 9.17) is 0 Å². The molecule has 2 aromatic carbocycles. The van der Waals surface area contributed by atoms with E-state index in [1.54, 1.807) is 18.7 Å². The molecule has 0 saturated heterocycles. The van der Waals surface area contributed by atoms with Crippen LogP contribution in [0.5, 0.6) is 0 Å². The molecule has 2 heterocycles. The fraction of sp³-hybridized carbons (Fsp3) is 0.240. The van der Waals surface area contributed by atoms with Gasteiger partial charge < -0.3 is 15.4 Å². The Labute approximate surface area is 200 Å². The van der Waals surface area contributed by atoms with Crippen molar-refractivity contribution in [2.24, 2.45) is 0 Å². The molecule has 0 aliphatic heterocycles. The van der Waals surface area contributed by atoms with Gasteiger partial charge in [-0.05, 0) is 43.5 Å². The van der Waals surface area contributed by atoms with Gasteiger partial charge >= 0.3 is 0 Å². The second-order valence-electron chi connectivity index (χ2n) is 7.94. The van der Waals surface area contributed by atoms with Crippen LogP contribution in [0.25, 0.3) is 10.2 Å². The summed E-state index contributed by atoms with van der Waals surface area (Å²) >= 11 is 2.82. The number of rotatable bonds is 7. The first kappa shape index (κ1) is 23.2. The van der Waals surface area contributed by atoms with E-state index in [1.807, 2.05) is 30.3 Å². The maximum Gasteiger partial charge on any atom is 0.261 e. The molecule has 0 aliphatic carbocycles. The van der Waals surface area contributed by atoms with Gasteiger partial charge in [0.25, 0.3) is 11.5 Å². The van der Waals surface area contributed by atoms with Crippen molar-refractivity contribution in [1.82, 2.24) is 15.3 Å². The van der Waals surface area contributed by atoms with Crippen LogP contribution in [0.2, 0.25) is 0 Å². The Morgan fingerprint density at radius 3 is 2.70 bits per heavy atom. The third-order valence-corrected chi connectivity index (χ3v) is 7.76. The smallest absolute Gasteiger partial charge is 0.261 e. The van der Waals surface area contributed by atoms with Crippen LogP contribution in [-0.4, -0.2) is 27.5 Å². The molecule has 0 saturated carbocycles. The topological polar surface area (TPSA) is 95.1 Å². The summed E-state index contributed by atoms with van der Waals surface area (Å²) in [4.78, 5) is 35.2. The average Bonchev–Trinajstić information content (AvgIpc) is 3.15. The molecule has 0 spiro atoms. The van der Waals surface area contributed by atoms with Gasteiger partial charge in [-0.1, -0.05) is 48.0 Å². The number of hydrogen-bond donors (Lipinski definition) is 3. The van der Waals surface area contributed by atoms with Crippen LogP contribution >= 0.6 is 23.1 Å². The van der Waals surface area contributed by atoms with E-state index in [0.717, 1.165) is 10.5 Å². The summed E-state index contributed by atoms with van der Waals surface area (Å²) in [6, 6.07) is 15.4. The fourth-order valence-electron chi connectivity index (χ4n) is 3.55. The maximum absolute atomic E-state index is 12.8. The number of nitrogens with zero attached hydrogens (tertiary/aromatic N) is 1. The molecule has 1 atom stereocenters. The second kappa shape index (κ2) is 9.91. The first-order chi connectivity index (χ1) is 15.8. The quantitative estimate of drug-likeness (QED) is 0.335. The molecule has 1 unspecified atom stereocenters. The highest BCUT2D eigenvalue weighted by atomic mass is 32.2. The SMILES string of the molecule is Cc1ccc(C)c(SCc2nc3sc(C(=O)NCC(O)c4ccccc4)c(C)c3c(=O)[nH]2)c1. The van der Waals surface area contributed by atoms with E-state index in [1.165, 1.54) is 22.5 Å². The van der Waals surface area contributed by atoms with Crippen LogP contribution in [0, 0.1) is 20.8 Å². The highest BCUT2D eigenvalue weighted by molar-refractivity contribution is 7.98. The van der Waals surface area contributed by atoms with E-state index in [-0.39, 0.29) is 18.0 Å². The van der Waals surface area contributed by atoms with E-state index < -0.39 is 6.10 Å². The number of aromatic nitrogens is 2. The summed E-state index contributed by atoms with van der Waals surface area (Å²) in [5.41, 5.74) is 3.45. The Morgan fingerprint density at radius 1 is 1.18 bits per heavy atom. The number of fused-ring (bicyclic) bond motifs is 1. The van der Waals surface area contributed by atoms with Crippen molar-refractivity contribution in [2.75, 3.05) is 6.54 Å². The van der Waals surface area contributed by atoms with Gasteiger partial charge in [0.2, 0.25) is 0 Å². The van der Waals surface area contributed by atoms with Gasteiger partial charge in [0.15, 0.2) is 0 Å². The number of aromatic amines is 1. The van der Waals surface area contributed by atoms with Crippen LogP contribution < -0.4 is 10.9 Å². The number of aryl methyl sites for hydroxylation is 3. The van der Waals surface area contributed by atoms with Crippen molar-refractivity contribution in [1.29, 1.82) is 0 Å². The lowest BCUT2D eigenvalue weighted by Gasteiger charge is -2.11. The van der Waals surface area contributed by atoms with Crippen molar-refractivity contribution in [2.45, 2.75) is 37.5 Å². The normalized spacial score (nSPS) is 12.1. The highest BCUT2D eigenvalue weighted by Gasteiger charge is 2.20. The third-order valence-electron chi connectivity index (χ3n) is 5.40.